The summed E-state index contributed by atoms with van der Waals surface area (Å²) < 4.78 is 40.7. The summed E-state index contributed by atoms with van der Waals surface area (Å²) in [5.41, 5.74) is -1.28. The van der Waals surface area contributed by atoms with Gasteiger partial charge in [0.2, 0.25) is 0 Å². The molecule has 0 bridgehead atoms. The average molecular weight is 309 g/mol. The number of hydrogen-bond acceptors (Lipinski definition) is 2. The lowest BCUT2D eigenvalue weighted by Crippen LogP contribution is -2.16. The SMILES string of the molecule is Cc1cc(F)c(C(=O)Nc2cc(C(=O)O)ccc2F)cc1F. The maximum absolute atomic E-state index is 13.7. The van der Waals surface area contributed by atoms with E-state index in [1.807, 2.05) is 5.32 Å². The topological polar surface area (TPSA) is 66.4 Å². The Kier molecular flexibility index (Phi) is 4.16. The highest BCUT2D eigenvalue weighted by Crippen LogP contribution is 2.19. The zero-order chi connectivity index (χ0) is 16.4. The molecule has 0 unspecified atom stereocenters. The van der Waals surface area contributed by atoms with E-state index in [1.165, 1.54) is 6.92 Å². The number of carbonyl (C=O) groups is 2. The molecule has 2 aromatic rings. The van der Waals surface area contributed by atoms with Gasteiger partial charge in [0.25, 0.3) is 5.91 Å². The number of carboxylic acid groups (broad SMARTS) is 1. The van der Waals surface area contributed by atoms with Crippen LogP contribution in [0, 0.1) is 24.4 Å². The van der Waals surface area contributed by atoms with Crippen LogP contribution in [0.3, 0.4) is 0 Å². The standard InChI is InChI=1S/C15H10F3NO3/c1-7-4-12(18)9(6-11(7)17)14(20)19-13-5-8(15(21)22)2-3-10(13)16/h2-6H,1H3,(H,19,20)(H,21,22). The summed E-state index contributed by atoms with van der Waals surface area (Å²) in [6.07, 6.45) is 0. The molecular formula is C15H10F3NO3. The Morgan fingerprint density at radius 1 is 1.00 bits per heavy atom. The molecule has 2 aromatic carbocycles. The molecule has 0 atom stereocenters. The van der Waals surface area contributed by atoms with Gasteiger partial charge in [0, 0.05) is 0 Å². The van der Waals surface area contributed by atoms with Crippen LogP contribution in [0.15, 0.2) is 30.3 Å². The fourth-order valence-electron chi connectivity index (χ4n) is 1.76. The molecule has 0 radical (unpaired) electrons. The van der Waals surface area contributed by atoms with Gasteiger partial charge in [0.05, 0.1) is 16.8 Å². The summed E-state index contributed by atoms with van der Waals surface area (Å²) in [6, 6.07) is 4.29. The molecule has 0 fully saturated rings. The predicted octanol–water partition coefficient (Wildman–Crippen LogP) is 3.36. The lowest BCUT2D eigenvalue weighted by Gasteiger charge is -2.09. The molecule has 2 rings (SSSR count). The van der Waals surface area contributed by atoms with Gasteiger partial charge in [-0.1, -0.05) is 0 Å². The molecular weight excluding hydrogens is 299 g/mol. The average Bonchev–Trinajstić information content (AvgIpc) is 2.44. The first kappa shape index (κ1) is 15.6. The van der Waals surface area contributed by atoms with E-state index >= 15 is 0 Å². The number of rotatable bonds is 3. The number of aromatic carboxylic acids is 1. The van der Waals surface area contributed by atoms with E-state index in [1.54, 1.807) is 0 Å². The normalized spacial score (nSPS) is 10.4. The van der Waals surface area contributed by atoms with Gasteiger partial charge in [-0.15, -0.1) is 0 Å². The molecule has 0 aliphatic rings. The van der Waals surface area contributed by atoms with Crippen LogP contribution >= 0.6 is 0 Å². The summed E-state index contributed by atoms with van der Waals surface area (Å²) in [7, 11) is 0. The van der Waals surface area contributed by atoms with Crippen molar-refractivity contribution in [2.45, 2.75) is 6.92 Å². The van der Waals surface area contributed by atoms with Gasteiger partial charge in [0.15, 0.2) is 0 Å². The van der Waals surface area contributed by atoms with Gasteiger partial charge in [0.1, 0.15) is 17.5 Å². The van der Waals surface area contributed by atoms with Gasteiger partial charge >= 0.3 is 5.97 Å². The van der Waals surface area contributed by atoms with Crippen LogP contribution < -0.4 is 5.32 Å². The van der Waals surface area contributed by atoms with E-state index in [2.05, 4.69) is 0 Å². The van der Waals surface area contributed by atoms with Crippen molar-refractivity contribution in [3.8, 4) is 0 Å². The zero-order valence-electron chi connectivity index (χ0n) is 11.3. The van der Waals surface area contributed by atoms with E-state index < -0.39 is 40.6 Å². The Bertz CT molecular complexity index is 775. The van der Waals surface area contributed by atoms with E-state index in [0.29, 0.717) is 6.07 Å². The Labute approximate surface area is 123 Å². The molecule has 114 valence electrons. The number of carboxylic acids is 1. The largest absolute Gasteiger partial charge is 0.478 e. The van der Waals surface area contributed by atoms with Crippen LogP contribution in [0.2, 0.25) is 0 Å². The lowest BCUT2D eigenvalue weighted by molar-refractivity contribution is 0.0696. The number of carbonyl (C=O) groups excluding carboxylic acids is 1. The molecule has 0 spiro atoms. The van der Waals surface area contributed by atoms with E-state index in [4.69, 9.17) is 5.11 Å². The van der Waals surface area contributed by atoms with Crippen molar-refractivity contribution in [1.82, 2.24) is 0 Å². The van der Waals surface area contributed by atoms with Crippen LogP contribution in [0.25, 0.3) is 0 Å². The first-order chi connectivity index (χ1) is 10.3. The first-order valence-corrected chi connectivity index (χ1v) is 6.09. The third kappa shape index (κ3) is 3.08. The molecule has 2 N–H and O–H groups in total. The number of anilines is 1. The summed E-state index contributed by atoms with van der Waals surface area (Å²) in [6.45, 7) is 1.33. The molecule has 0 heterocycles. The van der Waals surface area contributed by atoms with Gasteiger partial charge in [-0.25, -0.2) is 18.0 Å². The minimum Gasteiger partial charge on any atom is -0.478 e. The van der Waals surface area contributed by atoms with Crippen molar-refractivity contribution in [2.75, 3.05) is 5.32 Å². The second-order valence-corrected chi connectivity index (χ2v) is 4.54. The molecule has 0 aliphatic carbocycles. The third-order valence-electron chi connectivity index (χ3n) is 2.95. The van der Waals surface area contributed by atoms with E-state index in [-0.39, 0.29) is 11.1 Å². The number of nitrogens with one attached hydrogen (secondary N) is 1. The van der Waals surface area contributed by atoms with Gasteiger partial charge < -0.3 is 10.4 Å². The highest BCUT2D eigenvalue weighted by Gasteiger charge is 2.17. The maximum atomic E-state index is 13.7. The number of amides is 1. The zero-order valence-corrected chi connectivity index (χ0v) is 11.3. The smallest absolute Gasteiger partial charge is 0.335 e. The number of benzene rings is 2. The Morgan fingerprint density at radius 3 is 2.32 bits per heavy atom. The van der Waals surface area contributed by atoms with E-state index in [0.717, 1.165) is 24.3 Å². The molecule has 0 saturated heterocycles. The molecule has 4 nitrogen and oxygen atoms in total. The van der Waals surface area contributed by atoms with Gasteiger partial charge in [-0.3, -0.25) is 4.79 Å². The Balaban J connectivity index is 2.35. The first-order valence-electron chi connectivity index (χ1n) is 6.09. The van der Waals surface area contributed by atoms with Crippen molar-refractivity contribution in [1.29, 1.82) is 0 Å². The van der Waals surface area contributed by atoms with Crippen LogP contribution in [-0.4, -0.2) is 17.0 Å². The molecule has 1 amide bonds. The highest BCUT2D eigenvalue weighted by atomic mass is 19.1. The quantitative estimate of drug-likeness (QED) is 0.913. The Morgan fingerprint density at radius 2 is 1.68 bits per heavy atom. The molecule has 0 aliphatic heterocycles. The fourth-order valence-corrected chi connectivity index (χ4v) is 1.76. The molecule has 0 aromatic heterocycles. The van der Waals surface area contributed by atoms with Gasteiger partial charge in [-0.05, 0) is 42.8 Å². The molecule has 22 heavy (non-hydrogen) atoms. The number of hydrogen-bond donors (Lipinski definition) is 2. The van der Waals surface area contributed by atoms with Crippen molar-refractivity contribution < 1.29 is 27.9 Å². The Hall–Kier alpha value is -2.83. The van der Waals surface area contributed by atoms with Crippen LogP contribution in [0.1, 0.15) is 26.3 Å². The van der Waals surface area contributed by atoms with Crippen molar-refractivity contribution >= 4 is 17.6 Å². The number of aryl methyl sites for hydroxylation is 1. The van der Waals surface area contributed by atoms with Gasteiger partial charge in [-0.2, -0.15) is 0 Å². The van der Waals surface area contributed by atoms with Crippen LogP contribution in [0.4, 0.5) is 18.9 Å². The summed E-state index contributed by atoms with van der Waals surface area (Å²) >= 11 is 0. The summed E-state index contributed by atoms with van der Waals surface area (Å²) in [4.78, 5) is 22.7. The van der Waals surface area contributed by atoms with E-state index in [9.17, 15) is 22.8 Å². The molecule has 0 saturated carbocycles. The maximum Gasteiger partial charge on any atom is 0.335 e. The lowest BCUT2D eigenvalue weighted by atomic mass is 10.1. The van der Waals surface area contributed by atoms with Crippen molar-refractivity contribution in [2.24, 2.45) is 0 Å². The monoisotopic (exact) mass is 309 g/mol. The highest BCUT2D eigenvalue weighted by molar-refractivity contribution is 6.05. The predicted molar refractivity (Wildman–Crippen MR) is 72.4 cm³/mol. The second kappa shape index (κ2) is 5.88. The summed E-state index contributed by atoms with van der Waals surface area (Å²) in [5, 5.41) is 10.8. The minimum atomic E-state index is -1.32. The van der Waals surface area contributed by atoms with Crippen molar-refractivity contribution in [3.05, 3.63) is 64.5 Å². The van der Waals surface area contributed by atoms with Crippen molar-refractivity contribution in [3.63, 3.8) is 0 Å². The summed E-state index contributed by atoms with van der Waals surface area (Å²) in [5.74, 6) is -5.05. The minimum absolute atomic E-state index is 0.0214. The fraction of sp³-hybridized carbons (Fsp3) is 0.0667. The second-order valence-electron chi connectivity index (χ2n) is 4.54. The molecule has 7 heteroatoms. The number of halogens is 3. The van der Waals surface area contributed by atoms with Crippen LogP contribution in [0.5, 0.6) is 0 Å². The third-order valence-corrected chi connectivity index (χ3v) is 2.95. The van der Waals surface area contributed by atoms with Crippen LogP contribution in [-0.2, 0) is 0 Å².